The number of hydrogen-bond donors (Lipinski definition) is 1. The standard InChI is InChI=1S/C17H19NO4/c1-4-11(2)18-15(9-8-14(16(18)19)17(20)21)12-6-5-7-13(10-12)22-3/h5-11H,4H2,1-3H3,(H,20,21). The first-order valence-electron chi connectivity index (χ1n) is 7.12. The Morgan fingerprint density at radius 1 is 1.32 bits per heavy atom. The van der Waals surface area contributed by atoms with Gasteiger partial charge in [-0.2, -0.15) is 0 Å². The summed E-state index contributed by atoms with van der Waals surface area (Å²) in [6.45, 7) is 3.86. The second kappa shape index (κ2) is 6.47. The van der Waals surface area contributed by atoms with Crippen LogP contribution in [0.1, 0.15) is 36.7 Å². The van der Waals surface area contributed by atoms with Crippen molar-refractivity contribution in [2.75, 3.05) is 7.11 Å². The number of rotatable bonds is 5. The number of ether oxygens (including phenoxy) is 1. The van der Waals surface area contributed by atoms with Gasteiger partial charge in [0.1, 0.15) is 11.3 Å². The van der Waals surface area contributed by atoms with Crippen LogP contribution in [-0.2, 0) is 0 Å². The normalized spacial score (nSPS) is 12.0. The van der Waals surface area contributed by atoms with Crippen molar-refractivity contribution in [3.63, 3.8) is 0 Å². The van der Waals surface area contributed by atoms with Gasteiger partial charge in [-0.3, -0.25) is 4.79 Å². The fraction of sp³-hybridized carbons (Fsp3) is 0.294. The Bertz CT molecular complexity index is 749. The third-order valence-corrected chi connectivity index (χ3v) is 3.74. The number of carboxylic acids is 1. The third kappa shape index (κ3) is 2.88. The monoisotopic (exact) mass is 301 g/mol. The van der Waals surface area contributed by atoms with Crippen LogP contribution in [-0.4, -0.2) is 22.8 Å². The van der Waals surface area contributed by atoms with Gasteiger partial charge in [0.05, 0.1) is 12.8 Å². The second-order valence-corrected chi connectivity index (χ2v) is 5.10. The molecule has 116 valence electrons. The van der Waals surface area contributed by atoms with Gasteiger partial charge < -0.3 is 14.4 Å². The summed E-state index contributed by atoms with van der Waals surface area (Å²) in [5.74, 6) is -0.526. The van der Waals surface area contributed by atoms with Crippen molar-refractivity contribution >= 4 is 5.97 Å². The molecule has 0 radical (unpaired) electrons. The molecule has 0 fully saturated rings. The van der Waals surface area contributed by atoms with Gasteiger partial charge in [-0.1, -0.05) is 19.1 Å². The minimum absolute atomic E-state index is 0.104. The van der Waals surface area contributed by atoms with E-state index in [-0.39, 0.29) is 11.6 Å². The molecule has 1 atom stereocenters. The summed E-state index contributed by atoms with van der Waals surface area (Å²) in [7, 11) is 1.58. The SMILES string of the molecule is CCC(C)n1c(-c2cccc(OC)c2)ccc(C(=O)O)c1=O. The van der Waals surface area contributed by atoms with Crippen molar-refractivity contribution in [3.8, 4) is 17.0 Å². The fourth-order valence-corrected chi connectivity index (χ4v) is 2.35. The molecule has 0 aliphatic carbocycles. The Labute approximate surface area is 128 Å². The molecule has 1 unspecified atom stereocenters. The number of nitrogens with zero attached hydrogens (tertiary/aromatic N) is 1. The molecule has 5 nitrogen and oxygen atoms in total. The van der Waals surface area contributed by atoms with E-state index in [0.717, 1.165) is 12.0 Å². The van der Waals surface area contributed by atoms with Crippen molar-refractivity contribution in [2.24, 2.45) is 0 Å². The fourth-order valence-electron chi connectivity index (χ4n) is 2.35. The van der Waals surface area contributed by atoms with Crippen LogP contribution in [0.5, 0.6) is 5.75 Å². The molecule has 0 amide bonds. The molecule has 0 saturated heterocycles. The molecule has 0 bridgehead atoms. The number of hydrogen-bond acceptors (Lipinski definition) is 3. The highest BCUT2D eigenvalue weighted by Gasteiger charge is 2.18. The molecule has 0 aliphatic heterocycles. The van der Waals surface area contributed by atoms with Gasteiger partial charge in [-0.05, 0) is 37.6 Å². The molecule has 5 heteroatoms. The average molecular weight is 301 g/mol. The largest absolute Gasteiger partial charge is 0.497 e. The summed E-state index contributed by atoms with van der Waals surface area (Å²) in [6, 6.07) is 10.3. The van der Waals surface area contributed by atoms with Crippen LogP contribution >= 0.6 is 0 Å². The Morgan fingerprint density at radius 3 is 2.64 bits per heavy atom. The Morgan fingerprint density at radius 2 is 2.05 bits per heavy atom. The predicted octanol–water partition coefficient (Wildman–Crippen LogP) is 3.19. The lowest BCUT2D eigenvalue weighted by molar-refractivity contribution is 0.0694. The van der Waals surface area contributed by atoms with Crippen molar-refractivity contribution < 1.29 is 14.6 Å². The molecule has 0 spiro atoms. The number of benzene rings is 1. The zero-order valence-corrected chi connectivity index (χ0v) is 12.9. The smallest absolute Gasteiger partial charge is 0.341 e. The molecule has 1 aromatic carbocycles. The van der Waals surface area contributed by atoms with Crippen LogP contribution in [0.3, 0.4) is 0 Å². The lowest BCUT2D eigenvalue weighted by Crippen LogP contribution is -2.29. The molecular formula is C17H19NO4. The highest BCUT2D eigenvalue weighted by Crippen LogP contribution is 2.26. The summed E-state index contributed by atoms with van der Waals surface area (Å²) in [5.41, 5.74) is 0.797. The summed E-state index contributed by atoms with van der Waals surface area (Å²) in [4.78, 5) is 23.7. The average Bonchev–Trinajstić information content (AvgIpc) is 2.53. The van der Waals surface area contributed by atoms with E-state index >= 15 is 0 Å². The molecular weight excluding hydrogens is 282 g/mol. The van der Waals surface area contributed by atoms with E-state index in [2.05, 4.69) is 0 Å². The Kier molecular flexibility index (Phi) is 4.65. The minimum atomic E-state index is -1.21. The van der Waals surface area contributed by atoms with Gasteiger partial charge in [-0.25, -0.2) is 4.79 Å². The van der Waals surface area contributed by atoms with Crippen LogP contribution < -0.4 is 10.3 Å². The van der Waals surface area contributed by atoms with Gasteiger partial charge in [-0.15, -0.1) is 0 Å². The van der Waals surface area contributed by atoms with Gasteiger partial charge in [0.25, 0.3) is 5.56 Å². The van der Waals surface area contributed by atoms with Crippen molar-refractivity contribution in [3.05, 3.63) is 52.3 Å². The summed E-state index contributed by atoms with van der Waals surface area (Å²) in [6.07, 6.45) is 0.722. The molecule has 0 saturated carbocycles. The van der Waals surface area contributed by atoms with E-state index in [4.69, 9.17) is 9.84 Å². The lowest BCUT2D eigenvalue weighted by atomic mass is 10.1. The first kappa shape index (κ1) is 15.8. The molecule has 0 aliphatic rings. The van der Waals surface area contributed by atoms with Crippen LogP contribution in [0.2, 0.25) is 0 Å². The number of aromatic nitrogens is 1. The molecule has 2 aromatic rings. The lowest BCUT2D eigenvalue weighted by Gasteiger charge is -2.19. The Hall–Kier alpha value is -2.56. The number of pyridine rings is 1. The van der Waals surface area contributed by atoms with Gasteiger partial charge >= 0.3 is 5.97 Å². The molecule has 1 heterocycles. The van der Waals surface area contributed by atoms with E-state index in [9.17, 15) is 9.59 Å². The number of carboxylic acid groups (broad SMARTS) is 1. The van der Waals surface area contributed by atoms with Gasteiger partial charge in [0.2, 0.25) is 0 Å². The molecule has 2 rings (SSSR count). The quantitative estimate of drug-likeness (QED) is 0.921. The maximum Gasteiger partial charge on any atom is 0.341 e. The number of carbonyl (C=O) groups is 1. The van der Waals surface area contributed by atoms with E-state index in [1.54, 1.807) is 13.2 Å². The highest BCUT2D eigenvalue weighted by molar-refractivity contribution is 5.87. The van der Waals surface area contributed by atoms with Crippen LogP contribution in [0.4, 0.5) is 0 Å². The van der Waals surface area contributed by atoms with Crippen molar-refractivity contribution in [1.82, 2.24) is 4.57 Å². The number of methoxy groups -OCH3 is 1. The van der Waals surface area contributed by atoms with E-state index < -0.39 is 11.5 Å². The minimum Gasteiger partial charge on any atom is -0.497 e. The van der Waals surface area contributed by atoms with Crippen molar-refractivity contribution in [2.45, 2.75) is 26.3 Å². The van der Waals surface area contributed by atoms with Crippen LogP contribution in [0, 0.1) is 0 Å². The number of aromatic carboxylic acids is 1. The first-order valence-corrected chi connectivity index (χ1v) is 7.12. The molecule has 1 N–H and O–H groups in total. The third-order valence-electron chi connectivity index (χ3n) is 3.74. The van der Waals surface area contributed by atoms with Crippen molar-refractivity contribution in [1.29, 1.82) is 0 Å². The molecule has 22 heavy (non-hydrogen) atoms. The van der Waals surface area contributed by atoms with Crippen LogP contribution in [0.25, 0.3) is 11.3 Å². The predicted molar refractivity (Wildman–Crippen MR) is 84.7 cm³/mol. The van der Waals surface area contributed by atoms with Gasteiger partial charge in [0.15, 0.2) is 0 Å². The van der Waals surface area contributed by atoms with Gasteiger partial charge in [0, 0.05) is 11.6 Å². The topological polar surface area (TPSA) is 68.5 Å². The molecule has 1 aromatic heterocycles. The summed E-state index contributed by atoms with van der Waals surface area (Å²) < 4.78 is 6.75. The maximum atomic E-state index is 12.5. The second-order valence-electron chi connectivity index (χ2n) is 5.10. The first-order chi connectivity index (χ1) is 10.5. The highest BCUT2D eigenvalue weighted by atomic mass is 16.5. The van der Waals surface area contributed by atoms with E-state index in [0.29, 0.717) is 11.4 Å². The van der Waals surface area contributed by atoms with E-state index in [1.807, 2.05) is 38.1 Å². The van der Waals surface area contributed by atoms with Crippen LogP contribution in [0.15, 0.2) is 41.2 Å². The Balaban J connectivity index is 2.72. The van der Waals surface area contributed by atoms with E-state index in [1.165, 1.54) is 10.6 Å². The zero-order valence-electron chi connectivity index (χ0n) is 12.9. The zero-order chi connectivity index (χ0) is 16.3. The maximum absolute atomic E-state index is 12.5. The summed E-state index contributed by atoms with van der Waals surface area (Å²) in [5, 5.41) is 9.15. The summed E-state index contributed by atoms with van der Waals surface area (Å²) >= 11 is 0.